The fourth-order valence-corrected chi connectivity index (χ4v) is 1.91. The van der Waals surface area contributed by atoms with Crippen LogP contribution < -0.4 is 20.6 Å². The summed E-state index contributed by atoms with van der Waals surface area (Å²) >= 11 is 0. The highest BCUT2D eigenvalue weighted by atomic mass is 19.2. The van der Waals surface area contributed by atoms with E-state index in [2.05, 4.69) is 5.10 Å². The Balaban J connectivity index is 2.21. The summed E-state index contributed by atoms with van der Waals surface area (Å²) in [5, 5.41) is 3.44. The van der Waals surface area contributed by atoms with E-state index in [9.17, 15) is 26.7 Å². The molecule has 0 fully saturated rings. The minimum atomic E-state index is -2.27. The maximum absolute atomic E-state index is 13.5. The lowest BCUT2D eigenvalue weighted by molar-refractivity contribution is -0.119. The van der Waals surface area contributed by atoms with Crippen LogP contribution >= 0.6 is 0 Å². The van der Waals surface area contributed by atoms with Crippen molar-refractivity contribution in [3.63, 3.8) is 0 Å². The van der Waals surface area contributed by atoms with Crippen LogP contribution in [-0.2, 0) is 4.79 Å². The molecule has 0 aliphatic carbocycles. The number of carbonyl (C=O) groups is 1. The van der Waals surface area contributed by atoms with Gasteiger partial charge in [-0.05, 0) is 23.8 Å². The van der Waals surface area contributed by atoms with Crippen LogP contribution in [0.15, 0.2) is 23.3 Å². The molecule has 0 spiro atoms. The Morgan fingerprint density at radius 2 is 1.67 bits per heavy atom. The second-order valence-corrected chi connectivity index (χ2v) is 4.98. The molecule has 0 aliphatic rings. The molecule has 0 saturated heterocycles. The number of amides is 1. The van der Waals surface area contributed by atoms with Crippen LogP contribution in [0.5, 0.6) is 11.5 Å². The third-order valence-electron chi connectivity index (χ3n) is 3.16. The van der Waals surface area contributed by atoms with Crippen LogP contribution in [0, 0.1) is 29.1 Å². The number of primary amides is 1. The first-order valence-electron chi connectivity index (χ1n) is 7.15. The summed E-state index contributed by atoms with van der Waals surface area (Å²) in [6, 6.07) is 4.23. The number of nitrogens with zero attached hydrogens (tertiary/aromatic N) is 1. The molecule has 2 aromatic rings. The summed E-state index contributed by atoms with van der Waals surface area (Å²) in [6.07, 6.45) is 1.04. The molecule has 0 unspecified atom stereocenters. The molecule has 0 saturated carbocycles. The third-order valence-corrected chi connectivity index (χ3v) is 3.16. The molecule has 0 aromatic heterocycles. The topological polar surface area (TPSA) is 85.9 Å². The number of nitrogens with one attached hydrogen (secondary N) is 1. The first-order valence-corrected chi connectivity index (χ1v) is 7.15. The largest absolute Gasteiger partial charge is 0.493 e. The molecule has 0 aliphatic heterocycles. The average molecular weight is 389 g/mol. The van der Waals surface area contributed by atoms with Gasteiger partial charge < -0.3 is 15.2 Å². The zero-order valence-corrected chi connectivity index (χ0v) is 13.7. The molecule has 2 rings (SSSR count). The molecule has 144 valence electrons. The van der Waals surface area contributed by atoms with Gasteiger partial charge in [0.1, 0.15) is 5.69 Å². The van der Waals surface area contributed by atoms with Crippen LogP contribution in [0.1, 0.15) is 5.56 Å². The van der Waals surface area contributed by atoms with Crippen molar-refractivity contribution in [2.24, 2.45) is 10.8 Å². The monoisotopic (exact) mass is 389 g/mol. The van der Waals surface area contributed by atoms with Gasteiger partial charge in [-0.15, -0.1) is 0 Å². The number of carbonyl (C=O) groups excluding carboxylic acids is 1. The molecular formula is C16H12F5N3O3. The molecule has 27 heavy (non-hydrogen) atoms. The SMILES string of the molecule is COc1cc(/C=N\Nc2c(F)c(F)c(F)c(F)c2F)ccc1OCC(N)=O. The third kappa shape index (κ3) is 4.43. The van der Waals surface area contributed by atoms with Crippen molar-refractivity contribution in [1.82, 2.24) is 0 Å². The molecule has 0 heterocycles. The Morgan fingerprint density at radius 3 is 2.22 bits per heavy atom. The van der Waals surface area contributed by atoms with E-state index in [1.165, 1.54) is 25.3 Å². The number of anilines is 1. The van der Waals surface area contributed by atoms with Crippen molar-refractivity contribution < 1.29 is 36.2 Å². The van der Waals surface area contributed by atoms with E-state index in [0.717, 1.165) is 6.21 Å². The Labute approximate surface area is 149 Å². The number of halogens is 5. The summed E-state index contributed by atoms with van der Waals surface area (Å²) < 4.78 is 76.4. The van der Waals surface area contributed by atoms with Gasteiger partial charge in [0.15, 0.2) is 41.4 Å². The van der Waals surface area contributed by atoms with Gasteiger partial charge in [-0.3, -0.25) is 10.2 Å². The van der Waals surface area contributed by atoms with Gasteiger partial charge in [0.2, 0.25) is 5.82 Å². The normalized spacial score (nSPS) is 10.9. The van der Waals surface area contributed by atoms with E-state index in [-0.39, 0.29) is 18.1 Å². The molecule has 0 atom stereocenters. The van der Waals surface area contributed by atoms with Gasteiger partial charge in [0.05, 0.1) is 13.3 Å². The second-order valence-electron chi connectivity index (χ2n) is 4.98. The lowest BCUT2D eigenvalue weighted by Gasteiger charge is -2.10. The predicted molar refractivity (Wildman–Crippen MR) is 85.1 cm³/mol. The predicted octanol–water partition coefficient (Wildman–Crippen LogP) is 2.70. The van der Waals surface area contributed by atoms with Crippen molar-refractivity contribution in [2.45, 2.75) is 0 Å². The maximum Gasteiger partial charge on any atom is 0.255 e. The smallest absolute Gasteiger partial charge is 0.255 e. The Kier molecular flexibility index (Phi) is 6.16. The van der Waals surface area contributed by atoms with E-state index < -0.39 is 40.7 Å². The summed E-state index contributed by atoms with van der Waals surface area (Å²) in [5.74, 6) is -10.9. The van der Waals surface area contributed by atoms with Crippen molar-refractivity contribution in [3.05, 3.63) is 52.8 Å². The number of methoxy groups -OCH3 is 1. The van der Waals surface area contributed by atoms with E-state index in [1.54, 1.807) is 5.43 Å². The summed E-state index contributed by atoms with van der Waals surface area (Å²) in [7, 11) is 1.32. The molecule has 11 heteroatoms. The number of ether oxygens (including phenoxy) is 2. The molecule has 2 aromatic carbocycles. The number of nitrogens with two attached hydrogens (primary N) is 1. The molecule has 0 radical (unpaired) electrons. The highest BCUT2D eigenvalue weighted by Crippen LogP contribution is 2.28. The zero-order chi connectivity index (χ0) is 20.1. The Hall–Kier alpha value is -3.37. The van der Waals surface area contributed by atoms with Gasteiger partial charge in [0.25, 0.3) is 5.91 Å². The van der Waals surface area contributed by atoms with Gasteiger partial charge in [-0.2, -0.15) is 5.10 Å². The number of hydrazone groups is 1. The minimum absolute atomic E-state index is 0.191. The highest BCUT2D eigenvalue weighted by molar-refractivity contribution is 5.81. The Morgan fingerprint density at radius 1 is 1.07 bits per heavy atom. The summed E-state index contributed by atoms with van der Waals surface area (Å²) in [6.45, 7) is -0.383. The maximum atomic E-state index is 13.5. The molecule has 1 amide bonds. The van der Waals surface area contributed by atoms with Crippen molar-refractivity contribution in [2.75, 3.05) is 19.1 Å². The number of rotatable bonds is 7. The van der Waals surface area contributed by atoms with Crippen molar-refractivity contribution in [1.29, 1.82) is 0 Å². The highest BCUT2D eigenvalue weighted by Gasteiger charge is 2.25. The lowest BCUT2D eigenvalue weighted by Crippen LogP contribution is -2.20. The zero-order valence-electron chi connectivity index (χ0n) is 13.7. The summed E-state index contributed by atoms with van der Waals surface area (Å²) in [5.41, 5.74) is 5.77. The summed E-state index contributed by atoms with van der Waals surface area (Å²) in [4.78, 5) is 10.7. The van der Waals surface area contributed by atoms with Crippen LogP contribution in [-0.4, -0.2) is 25.8 Å². The average Bonchev–Trinajstić information content (AvgIpc) is 2.66. The number of hydrogen-bond acceptors (Lipinski definition) is 5. The molecule has 0 bridgehead atoms. The van der Waals surface area contributed by atoms with Crippen molar-refractivity contribution >= 4 is 17.8 Å². The minimum Gasteiger partial charge on any atom is -0.493 e. The standard InChI is InChI=1S/C16H12F5N3O3/c1-26-9-4-7(2-3-8(9)27-6-10(22)25)5-23-24-16-14(20)12(18)11(17)13(19)15(16)21/h2-5,24H,6H2,1H3,(H2,22,25)/b23-5-. The molecule has 3 N–H and O–H groups in total. The lowest BCUT2D eigenvalue weighted by atomic mass is 10.2. The van der Waals surface area contributed by atoms with E-state index in [4.69, 9.17) is 15.2 Å². The molecule has 6 nitrogen and oxygen atoms in total. The number of hydrogen-bond donors (Lipinski definition) is 2. The van der Waals surface area contributed by atoms with E-state index in [1.807, 2.05) is 0 Å². The van der Waals surface area contributed by atoms with Crippen molar-refractivity contribution in [3.8, 4) is 11.5 Å². The fourth-order valence-electron chi connectivity index (χ4n) is 1.91. The first kappa shape index (κ1) is 19.9. The van der Waals surface area contributed by atoms with Gasteiger partial charge in [-0.1, -0.05) is 0 Å². The van der Waals surface area contributed by atoms with E-state index >= 15 is 0 Å². The van der Waals surface area contributed by atoms with Gasteiger partial charge in [0, 0.05) is 0 Å². The molecular weight excluding hydrogens is 377 g/mol. The van der Waals surface area contributed by atoms with Crippen LogP contribution in [0.4, 0.5) is 27.6 Å². The first-order chi connectivity index (χ1) is 12.8. The van der Waals surface area contributed by atoms with E-state index in [0.29, 0.717) is 5.56 Å². The number of benzene rings is 2. The van der Waals surface area contributed by atoms with Gasteiger partial charge in [-0.25, -0.2) is 22.0 Å². The van der Waals surface area contributed by atoms with Gasteiger partial charge >= 0.3 is 0 Å². The van der Waals surface area contributed by atoms with Crippen LogP contribution in [0.3, 0.4) is 0 Å². The quantitative estimate of drug-likeness (QED) is 0.251. The Bertz CT molecular complexity index is 876. The van der Waals surface area contributed by atoms with Crippen LogP contribution in [0.2, 0.25) is 0 Å². The second kappa shape index (κ2) is 8.34. The fraction of sp³-hybridized carbons (Fsp3) is 0.125. The van der Waals surface area contributed by atoms with Crippen LogP contribution in [0.25, 0.3) is 0 Å².